The fourth-order valence-corrected chi connectivity index (χ4v) is 0.894. The third kappa shape index (κ3) is 2.11. The van der Waals surface area contributed by atoms with E-state index in [1.165, 1.54) is 17.0 Å². The topological polar surface area (TPSA) is 34.9 Å². The first-order valence-electron chi connectivity index (χ1n) is 3.39. The molecule has 1 heterocycles. The van der Waals surface area contributed by atoms with Crippen molar-refractivity contribution in [2.24, 2.45) is 0 Å². The van der Waals surface area contributed by atoms with Crippen LogP contribution >= 0.6 is 11.6 Å². The number of rotatable bonds is 2. The first-order valence-corrected chi connectivity index (χ1v) is 3.77. The molecule has 3 nitrogen and oxygen atoms in total. The first kappa shape index (κ1) is 8.82. The minimum Gasteiger partial charge on any atom is -0.298 e. The summed E-state index contributed by atoms with van der Waals surface area (Å²) in [4.78, 5) is 14.9. The van der Waals surface area contributed by atoms with E-state index in [-0.39, 0.29) is 10.7 Å². The first-order chi connectivity index (χ1) is 5.74. The van der Waals surface area contributed by atoms with Gasteiger partial charge in [0.15, 0.2) is 0 Å². The van der Waals surface area contributed by atoms with Crippen molar-refractivity contribution in [3.63, 3.8) is 0 Å². The Morgan fingerprint density at radius 2 is 2.50 bits per heavy atom. The highest BCUT2D eigenvalue weighted by Gasteiger charge is 1.95. The highest BCUT2D eigenvalue weighted by molar-refractivity contribution is 6.29. The van der Waals surface area contributed by atoms with Crippen LogP contribution in [-0.4, -0.2) is 9.55 Å². The van der Waals surface area contributed by atoms with E-state index >= 15 is 0 Å². The molecule has 62 valence electrons. The molecule has 1 rings (SSSR count). The standard InChI is InChI=1S/C8H7ClN2O/c1-2-3-4-11-6-10-7(9)5-8(11)12/h1,5-6H,3-4H2. The van der Waals surface area contributed by atoms with E-state index in [2.05, 4.69) is 10.9 Å². The summed E-state index contributed by atoms with van der Waals surface area (Å²) in [5.41, 5.74) is -0.176. The Balaban J connectivity index is 2.89. The molecule has 4 heteroatoms. The van der Waals surface area contributed by atoms with Gasteiger partial charge in [0.05, 0.1) is 6.33 Å². The van der Waals surface area contributed by atoms with Crippen molar-refractivity contribution in [3.05, 3.63) is 27.9 Å². The van der Waals surface area contributed by atoms with Gasteiger partial charge in [-0.15, -0.1) is 12.3 Å². The van der Waals surface area contributed by atoms with Crippen LogP contribution < -0.4 is 5.56 Å². The zero-order chi connectivity index (χ0) is 8.97. The molecule has 0 N–H and O–H groups in total. The van der Waals surface area contributed by atoms with Gasteiger partial charge in [-0.3, -0.25) is 9.36 Å². The van der Waals surface area contributed by atoms with E-state index < -0.39 is 0 Å². The molecule has 0 fully saturated rings. The highest BCUT2D eigenvalue weighted by Crippen LogP contribution is 1.96. The van der Waals surface area contributed by atoms with Crippen LogP contribution in [-0.2, 0) is 6.54 Å². The second-order valence-corrected chi connectivity index (χ2v) is 2.58. The molecule has 0 radical (unpaired) electrons. The summed E-state index contributed by atoms with van der Waals surface area (Å²) in [6.45, 7) is 0.486. The Labute approximate surface area is 75.0 Å². The van der Waals surface area contributed by atoms with Gasteiger partial charge < -0.3 is 0 Å². The lowest BCUT2D eigenvalue weighted by Gasteiger charge is -1.99. The second-order valence-electron chi connectivity index (χ2n) is 2.20. The quantitative estimate of drug-likeness (QED) is 0.504. The molecule has 0 saturated carbocycles. The Hall–Kier alpha value is -1.27. The SMILES string of the molecule is C#CCCn1cnc(Cl)cc1=O. The van der Waals surface area contributed by atoms with Gasteiger partial charge >= 0.3 is 0 Å². The number of halogens is 1. The van der Waals surface area contributed by atoms with Gasteiger partial charge in [-0.05, 0) is 0 Å². The maximum absolute atomic E-state index is 11.1. The number of hydrogen-bond acceptors (Lipinski definition) is 2. The highest BCUT2D eigenvalue weighted by atomic mass is 35.5. The van der Waals surface area contributed by atoms with Gasteiger partial charge in [0, 0.05) is 19.0 Å². The molecule has 1 aromatic rings. The summed E-state index contributed by atoms with van der Waals surface area (Å²) in [6, 6.07) is 1.26. The maximum Gasteiger partial charge on any atom is 0.254 e. The van der Waals surface area contributed by atoms with E-state index in [1.54, 1.807) is 0 Å². The molecular formula is C8H7ClN2O. The smallest absolute Gasteiger partial charge is 0.254 e. The van der Waals surface area contributed by atoms with E-state index in [0.29, 0.717) is 13.0 Å². The molecular weight excluding hydrogens is 176 g/mol. The van der Waals surface area contributed by atoms with Crippen LogP contribution in [0.15, 0.2) is 17.2 Å². The van der Waals surface area contributed by atoms with Crippen LogP contribution in [0.25, 0.3) is 0 Å². The predicted octanol–water partition coefficient (Wildman–Crippen LogP) is 0.920. The third-order valence-electron chi connectivity index (χ3n) is 1.34. The Morgan fingerprint density at radius 3 is 3.08 bits per heavy atom. The molecule has 0 saturated heterocycles. The number of aryl methyl sites for hydroxylation is 1. The summed E-state index contributed by atoms with van der Waals surface area (Å²) in [6.07, 6.45) is 6.95. The fraction of sp³-hybridized carbons (Fsp3) is 0.250. The van der Waals surface area contributed by atoms with E-state index in [1.807, 2.05) is 0 Å². The molecule has 12 heavy (non-hydrogen) atoms. The second kappa shape index (κ2) is 3.93. The third-order valence-corrected chi connectivity index (χ3v) is 1.55. The van der Waals surface area contributed by atoms with Gasteiger partial charge in [-0.1, -0.05) is 11.6 Å². The molecule has 0 amide bonds. The average molecular weight is 183 g/mol. The largest absolute Gasteiger partial charge is 0.298 e. The maximum atomic E-state index is 11.1. The molecule has 0 bridgehead atoms. The molecule has 0 aliphatic carbocycles. The molecule has 0 atom stereocenters. The van der Waals surface area contributed by atoms with Crippen molar-refractivity contribution in [1.82, 2.24) is 9.55 Å². The van der Waals surface area contributed by atoms with E-state index in [4.69, 9.17) is 18.0 Å². The summed E-state index contributed by atoms with van der Waals surface area (Å²) in [7, 11) is 0. The van der Waals surface area contributed by atoms with Gasteiger partial charge in [0.25, 0.3) is 5.56 Å². The molecule has 1 aromatic heterocycles. The van der Waals surface area contributed by atoms with E-state index in [9.17, 15) is 4.79 Å². The average Bonchev–Trinajstić information content (AvgIpc) is 2.03. The zero-order valence-corrected chi connectivity index (χ0v) is 7.08. The van der Waals surface area contributed by atoms with E-state index in [0.717, 1.165) is 0 Å². The van der Waals surface area contributed by atoms with Gasteiger partial charge in [0.2, 0.25) is 0 Å². The number of aromatic nitrogens is 2. The normalized spacial score (nSPS) is 9.33. The minimum atomic E-state index is -0.176. The van der Waals surface area contributed by atoms with Crippen LogP contribution in [0.2, 0.25) is 5.15 Å². The summed E-state index contributed by atoms with van der Waals surface area (Å²) >= 11 is 5.49. The zero-order valence-electron chi connectivity index (χ0n) is 6.33. The Bertz CT molecular complexity index is 364. The Kier molecular flexibility index (Phi) is 2.89. The monoisotopic (exact) mass is 182 g/mol. The lowest BCUT2D eigenvalue weighted by Crippen LogP contribution is -2.18. The lowest BCUT2D eigenvalue weighted by molar-refractivity contribution is 0.673. The van der Waals surface area contributed by atoms with Crippen LogP contribution in [0.4, 0.5) is 0 Å². The number of nitrogens with zero attached hydrogens (tertiary/aromatic N) is 2. The van der Waals surface area contributed by atoms with Crippen LogP contribution in [0.3, 0.4) is 0 Å². The molecule has 0 spiro atoms. The van der Waals surface area contributed by atoms with Gasteiger partial charge in [-0.2, -0.15) is 0 Å². The molecule has 0 aromatic carbocycles. The molecule has 0 aliphatic rings. The van der Waals surface area contributed by atoms with Crippen molar-refractivity contribution < 1.29 is 0 Å². The lowest BCUT2D eigenvalue weighted by atomic mass is 10.4. The number of hydrogen-bond donors (Lipinski definition) is 0. The van der Waals surface area contributed by atoms with Crippen molar-refractivity contribution >= 4 is 11.6 Å². The van der Waals surface area contributed by atoms with Gasteiger partial charge in [-0.25, -0.2) is 4.98 Å². The van der Waals surface area contributed by atoms with Gasteiger partial charge in [0.1, 0.15) is 5.15 Å². The van der Waals surface area contributed by atoms with Crippen LogP contribution in [0.1, 0.15) is 6.42 Å². The van der Waals surface area contributed by atoms with Crippen molar-refractivity contribution in [2.75, 3.05) is 0 Å². The minimum absolute atomic E-state index is 0.176. The molecule has 0 aliphatic heterocycles. The van der Waals surface area contributed by atoms with Crippen LogP contribution in [0.5, 0.6) is 0 Å². The van der Waals surface area contributed by atoms with Crippen LogP contribution in [0, 0.1) is 12.3 Å². The summed E-state index contributed by atoms with van der Waals surface area (Å²) in [5, 5.41) is 0.206. The Morgan fingerprint density at radius 1 is 1.75 bits per heavy atom. The van der Waals surface area contributed by atoms with Crippen molar-refractivity contribution in [2.45, 2.75) is 13.0 Å². The number of terminal acetylenes is 1. The fourth-order valence-electron chi connectivity index (χ4n) is 0.757. The summed E-state index contributed by atoms with van der Waals surface area (Å²) < 4.78 is 1.42. The van der Waals surface area contributed by atoms with Crippen molar-refractivity contribution in [1.29, 1.82) is 0 Å². The summed E-state index contributed by atoms with van der Waals surface area (Å²) in [5.74, 6) is 2.44. The predicted molar refractivity (Wildman–Crippen MR) is 47.0 cm³/mol. The van der Waals surface area contributed by atoms with Crippen molar-refractivity contribution in [3.8, 4) is 12.3 Å². The molecule has 0 unspecified atom stereocenters.